The van der Waals surface area contributed by atoms with Gasteiger partial charge in [0.25, 0.3) is 0 Å². The number of halogens is 2. The number of hydrogen-bond donors (Lipinski definition) is 0. The zero-order chi connectivity index (χ0) is 9.61. The smallest absolute Gasteiger partial charge is 0.161 e. The van der Waals surface area contributed by atoms with Crippen LogP contribution < -0.4 is 34.0 Å². The quantitative estimate of drug-likeness (QED) is 0.271. The molecule has 0 saturated heterocycles. The molecule has 0 spiro atoms. The second kappa shape index (κ2) is 9.87. The SMILES string of the molecule is C=C[N+](=CC)CCC[N+](C)(C)C.[Br-].[Br-]. The maximum absolute atomic E-state index is 3.74. The van der Waals surface area contributed by atoms with Gasteiger partial charge >= 0.3 is 0 Å². The molecule has 0 aromatic rings. The first kappa shape index (κ1) is 19.8. The van der Waals surface area contributed by atoms with E-state index < -0.39 is 0 Å². The summed E-state index contributed by atoms with van der Waals surface area (Å²) in [5, 5.41) is 0. The molecular weight excluding hydrogens is 308 g/mol. The summed E-state index contributed by atoms with van der Waals surface area (Å²) >= 11 is 0. The lowest BCUT2D eigenvalue weighted by Crippen LogP contribution is -3.00. The van der Waals surface area contributed by atoms with Crippen molar-refractivity contribution in [3.05, 3.63) is 12.8 Å². The Kier molecular flexibility index (Phi) is 14.0. The maximum atomic E-state index is 3.74. The van der Waals surface area contributed by atoms with E-state index in [1.54, 1.807) is 0 Å². The van der Waals surface area contributed by atoms with Crippen molar-refractivity contribution in [3.63, 3.8) is 0 Å². The first-order valence-corrected chi connectivity index (χ1v) is 4.48. The van der Waals surface area contributed by atoms with Crippen molar-refractivity contribution in [1.29, 1.82) is 0 Å². The molecular formula is C10H22Br2N2. The summed E-state index contributed by atoms with van der Waals surface area (Å²) in [4.78, 5) is 0. The van der Waals surface area contributed by atoms with Crippen molar-refractivity contribution >= 4 is 6.21 Å². The summed E-state index contributed by atoms with van der Waals surface area (Å²) in [6, 6.07) is 0. The predicted molar refractivity (Wildman–Crippen MR) is 54.6 cm³/mol. The highest BCUT2D eigenvalue weighted by molar-refractivity contribution is 5.46. The van der Waals surface area contributed by atoms with Crippen LogP contribution in [0.1, 0.15) is 13.3 Å². The number of nitrogens with zero attached hydrogens (tertiary/aromatic N) is 2. The van der Waals surface area contributed by atoms with Gasteiger partial charge in [-0.2, -0.15) is 0 Å². The van der Waals surface area contributed by atoms with Gasteiger partial charge in [-0.15, -0.1) is 0 Å². The summed E-state index contributed by atoms with van der Waals surface area (Å²) in [5.41, 5.74) is 0. The third-order valence-corrected chi connectivity index (χ3v) is 1.81. The summed E-state index contributed by atoms with van der Waals surface area (Å²) in [6.07, 6.45) is 5.14. The first-order chi connectivity index (χ1) is 5.49. The fourth-order valence-electron chi connectivity index (χ4n) is 1.05. The average molecular weight is 330 g/mol. The lowest BCUT2D eigenvalue weighted by molar-refractivity contribution is -0.871. The molecule has 0 rings (SSSR count). The minimum atomic E-state index is 0. The number of hydrogen-bond acceptors (Lipinski definition) is 0. The van der Waals surface area contributed by atoms with E-state index in [9.17, 15) is 0 Å². The second-order valence-corrected chi connectivity index (χ2v) is 4.05. The topological polar surface area (TPSA) is 3.01 Å². The van der Waals surface area contributed by atoms with Crippen molar-refractivity contribution in [1.82, 2.24) is 0 Å². The normalized spacial score (nSPS) is 11.3. The van der Waals surface area contributed by atoms with Crippen LogP contribution in [0.15, 0.2) is 12.8 Å². The van der Waals surface area contributed by atoms with E-state index in [0.29, 0.717) is 0 Å². The molecule has 0 N–H and O–H groups in total. The largest absolute Gasteiger partial charge is 1.00 e. The van der Waals surface area contributed by atoms with Crippen molar-refractivity contribution < 1.29 is 43.0 Å². The van der Waals surface area contributed by atoms with E-state index in [-0.39, 0.29) is 34.0 Å². The molecule has 0 fully saturated rings. The van der Waals surface area contributed by atoms with E-state index in [1.807, 2.05) is 13.1 Å². The Morgan fingerprint density at radius 3 is 2.00 bits per heavy atom. The van der Waals surface area contributed by atoms with E-state index in [2.05, 4.69) is 38.5 Å². The highest BCUT2D eigenvalue weighted by Crippen LogP contribution is 1.93. The summed E-state index contributed by atoms with van der Waals surface area (Å²) in [5.74, 6) is 0. The molecule has 0 bridgehead atoms. The number of rotatable bonds is 5. The van der Waals surface area contributed by atoms with Crippen LogP contribution in [0, 0.1) is 0 Å². The molecule has 14 heavy (non-hydrogen) atoms. The lowest BCUT2D eigenvalue weighted by Gasteiger charge is -2.22. The Morgan fingerprint density at radius 1 is 1.21 bits per heavy atom. The van der Waals surface area contributed by atoms with Crippen LogP contribution >= 0.6 is 0 Å². The Bertz CT molecular complexity index is 171. The zero-order valence-corrected chi connectivity index (χ0v) is 12.8. The van der Waals surface area contributed by atoms with Crippen LogP contribution in [0.25, 0.3) is 0 Å². The Morgan fingerprint density at radius 2 is 1.71 bits per heavy atom. The van der Waals surface area contributed by atoms with Crippen LogP contribution in [0.2, 0.25) is 0 Å². The van der Waals surface area contributed by atoms with Crippen LogP contribution in [0.5, 0.6) is 0 Å². The third-order valence-electron chi connectivity index (χ3n) is 1.81. The number of quaternary nitrogens is 1. The molecule has 4 heteroatoms. The Labute approximate surface area is 109 Å². The monoisotopic (exact) mass is 328 g/mol. The molecule has 0 amide bonds. The Hall–Kier alpha value is 0.330. The minimum Gasteiger partial charge on any atom is -1.00 e. The van der Waals surface area contributed by atoms with Crippen LogP contribution in [-0.2, 0) is 0 Å². The molecule has 0 aliphatic carbocycles. The summed E-state index contributed by atoms with van der Waals surface area (Å²) in [6.45, 7) is 8.06. The van der Waals surface area contributed by atoms with Gasteiger partial charge in [0.05, 0.1) is 34.1 Å². The van der Waals surface area contributed by atoms with E-state index in [1.165, 1.54) is 13.0 Å². The molecule has 0 atom stereocenters. The van der Waals surface area contributed by atoms with Crippen LogP contribution in [0.3, 0.4) is 0 Å². The molecule has 2 nitrogen and oxygen atoms in total. The molecule has 0 aromatic carbocycles. The van der Waals surface area contributed by atoms with Gasteiger partial charge in [-0.25, -0.2) is 4.58 Å². The summed E-state index contributed by atoms with van der Waals surface area (Å²) in [7, 11) is 6.65. The van der Waals surface area contributed by atoms with Gasteiger partial charge in [-0.05, 0) is 6.58 Å². The molecule has 0 unspecified atom stereocenters. The molecule has 0 aliphatic rings. The molecule has 0 saturated carbocycles. The van der Waals surface area contributed by atoms with Gasteiger partial charge in [0.1, 0.15) is 6.21 Å². The molecule has 86 valence electrons. The summed E-state index contributed by atoms with van der Waals surface area (Å²) < 4.78 is 3.16. The fourth-order valence-corrected chi connectivity index (χ4v) is 1.05. The van der Waals surface area contributed by atoms with Crippen molar-refractivity contribution in [2.75, 3.05) is 34.2 Å². The highest BCUT2D eigenvalue weighted by atomic mass is 79.9. The van der Waals surface area contributed by atoms with E-state index in [4.69, 9.17) is 0 Å². The maximum Gasteiger partial charge on any atom is 0.161 e. The lowest BCUT2D eigenvalue weighted by atomic mass is 10.3. The molecule has 0 heterocycles. The van der Waals surface area contributed by atoms with Crippen LogP contribution in [0.4, 0.5) is 0 Å². The predicted octanol–water partition coefficient (Wildman–Crippen LogP) is -4.66. The highest BCUT2D eigenvalue weighted by Gasteiger charge is 2.07. The second-order valence-electron chi connectivity index (χ2n) is 4.05. The van der Waals surface area contributed by atoms with Crippen LogP contribution in [-0.4, -0.2) is 49.5 Å². The van der Waals surface area contributed by atoms with Gasteiger partial charge in [0.2, 0.25) is 0 Å². The third kappa shape index (κ3) is 12.3. The van der Waals surface area contributed by atoms with Crippen molar-refractivity contribution in [3.8, 4) is 0 Å². The first-order valence-electron chi connectivity index (χ1n) is 4.48. The molecule has 0 aliphatic heterocycles. The molecule has 0 radical (unpaired) electrons. The van der Waals surface area contributed by atoms with Gasteiger partial charge in [0, 0.05) is 6.92 Å². The van der Waals surface area contributed by atoms with E-state index in [0.717, 1.165) is 11.0 Å². The average Bonchev–Trinajstić information content (AvgIpc) is 1.96. The van der Waals surface area contributed by atoms with Gasteiger partial charge < -0.3 is 38.4 Å². The van der Waals surface area contributed by atoms with Gasteiger partial charge in [-0.1, -0.05) is 0 Å². The minimum absolute atomic E-state index is 0. The molecule has 0 aromatic heterocycles. The standard InChI is InChI=1S/C10H22N2.2BrH/c1-6-11(7-2)9-8-10-12(3,4)5;;/h6-7H,1,8-10H2,2-5H3;2*1H/q+2;;/p-2. The zero-order valence-electron chi connectivity index (χ0n) is 9.63. The van der Waals surface area contributed by atoms with Crippen molar-refractivity contribution in [2.45, 2.75) is 13.3 Å². The Balaban J connectivity index is -0.000000605. The van der Waals surface area contributed by atoms with Gasteiger partial charge in [0.15, 0.2) is 12.7 Å². The van der Waals surface area contributed by atoms with E-state index >= 15 is 0 Å². The van der Waals surface area contributed by atoms with Crippen molar-refractivity contribution in [2.24, 2.45) is 0 Å². The fraction of sp³-hybridized carbons (Fsp3) is 0.700. The van der Waals surface area contributed by atoms with Gasteiger partial charge in [-0.3, -0.25) is 0 Å².